The minimum Gasteiger partial charge on any atom is -0.333 e. The van der Waals surface area contributed by atoms with Gasteiger partial charge < -0.3 is 10.6 Å². The third kappa shape index (κ3) is 5.06. The van der Waals surface area contributed by atoms with Gasteiger partial charge in [0.15, 0.2) is 6.54 Å². The average Bonchev–Trinajstić information content (AvgIpc) is 3.40. The SMILES string of the molecule is CC(C)c1ccc([C@H]([NH2+]CC(=O)N[C@@](C)(C#N)C2CC2)C(C)C)cc1. The summed E-state index contributed by atoms with van der Waals surface area (Å²) in [5, 5.41) is 14.4. The molecule has 4 nitrogen and oxygen atoms in total. The fraction of sp³-hybridized carbons (Fsp3) is 0.619. The average molecular weight is 343 g/mol. The zero-order valence-corrected chi connectivity index (χ0v) is 16.2. The molecule has 1 fully saturated rings. The summed E-state index contributed by atoms with van der Waals surface area (Å²) < 4.78 is 0. The predicted octanol–water partition coefficient (Wildman–Crippen LogP) is 2.88. The van der Waals surface area contributed by atoms with Crippen molar-refractivity contribution in [3.63, 3.8) is 0 Å². The van der Waals surface area contributed by atoms with E-state index in [4.69, 9.17) is 0 Å². The van der Waals surface area contributed by atoms with Crippen molar-refractivity contribution >= 4 is 5.91 Å². The Labute approximate surface area is 152 Å². The number of hydrogen-bond acceptors (Lipinski definition) is 2. The number of rotatable bonds is 8. The number of amides is 1. The van der Waals surface area contributed by atoms with Gasteiger partial charge in [-0.2, -0.15) is 5.26 Å². The molecule has 1 amide bonds. The lowest BCUT2D eigenvalue weighted by Crippen LogP contribution is -2.88. The normalized spacial score (nSPS) is 17.8. The second-order valence-electron chi connectivity index (χ2n) is 8.17. The first-order valence-electron chi connectivity index (χ1n) is 9.42. The lowest BCUT2D eigenvalue weighted by atomic mass is 9.93. The van der Waals surface area contributed by atoms with Gasteiger partial charge in [-0.15, -0.1) is 0 Å². The van der Waals surface area contributed by atoms with Crippen LogP contribution in [0.1, 0.15) is 70.5 Å². The number of hydrogen-bond donors (Lipinski definition) is 2. The molecule has 0 aromatic heterocycles. The zero-order valence-electron chi connectivity index (χ0n) is 16.2. The molecule has 2 rings (SSSR count). The molecule has 1 aromatic rings. The Morgan fingerprint density at radius 3 is 2.24 bits per heavy atom. The fourth-order valence-corrected chi connectivity index (χ4v) is 3.35. The van der Waals surface area contributed by atoms with E-state index in [1.54, 1.807) is 0 Å². The van der Waals surface area contributed by atoms with Crippen molar-refractivity contribution in [2.45, 2.75) is 65.0 Å². The second-order valence-corrected chi connectivity index (χ2v) is 8.17. The molecule has 0 heterocycles. The molecule has 0 bridgehead atoms. The van der Waals surface area contributed by atoms with Crippen molar-refractivity contribution in [1.82, 2.24) is 5.32 Å². The van der Waals surface area contributed by atoms with Crippen LogP contribution in [0.2, 0.25) is 0 Å². The molecule has 136 valence electrons. The number of quaternary nitrogens is 1. The first-order chi connectivity index (χ1) is 11.8. The monoisotopic (exact) mass is 342 g/mol. The van der Waals surface area contributed by atoms with Crippen LogP contribution in [0, 0.1) is 23.2 Å². The third-order valence-electron chi connectivity index (χ3n) is 5.29. The Morgan fingerprint density at radius 1 is 1.24 bits per heavy atom. The number of nitrogens with zero attached hydrogens (tertiary/aromatic N) is 1. The molecule has 1 saturated carbocycles. The van der Waals surface area contributed by atoms with E-state index in [2.05, 4.69) is 68.7 Å². The smallest absolute Gasteiger partial charge is 0.276 e. The van der Waals surface area contributed by atoms with Gasteiger partial charge in [0.1, 0.15) is 11.6 Å². The molecular formula is C21H32N3O+. The van der Waals surface area contributed by atoms with E-state index < -0.39 is 5.54 Å². The molecule has 0 aliphatic heterocycles. The first-order valence-corrected chi connectivity index (χ1v) is 9.42. The third-order valence-corrected chi connectivity index (χ3v) is 5.29. The maximum atomic E-state index is 12.4. The predicted molar refractivity (Wildman–Crippen MR) is 99.8 cm³/mol. The molecule has 0 unspecified atom stereocenters. The van der Waals surface area contributed by atoms with Crippen LogP contribution in [-0.2, 0) is 4.79 Å². The summed E-state index contributed by atoms with van der Waals surface area (Å²) in [6.45, 7) is 10.9. The summed E-state index contributed by atoms with van der Waals surface area (Å²) in [6.07, 6.45) is 2.07. The van der Waals surface area contributed by atoms with Crippen LogP contribution in [0.15, 0.2) is 24.3 Å². The van der Waals surface area contributed by atoms with Crippen molar-refractivity contribution in [3.05, 3.63) is 35.4 Å². The lowest BCUT2D eigenvalue weighted by Gasteiger charge is -2.24. The molecule has 2 atom stereocenters. The second kappa shape index (κ2) is 8.01. The van der Waals surface area contributed by atoms with E-state index >= 15 is 0 Å². The van der Waals surface area contributed by atoms with Crippen LogP contribution in [0.5, 0.6) is 0 Å². The molecular weight excluding hydrogens is 310 g/mol. The van der Waals surface area contributed by atoms with Crippen LogP contribution in [0.3, 0.4) is 0 Å². The molecule has 1 aromatic carbocycles. The molecule has 1 aliphatic carbocycles. The minimum absolute atomic E-state index is 0.0552. The van der Waals surface area contributed by atoms with Gasteiger partial charge in [-0.25, -0.2) is 0 Å². The van der Waals surface area contributed by atoms with E-state index in [1.165, 1.54) is 11.1 Å². The molecule has 0 saturated heterocycles. The highest BCUT2D eigenvalue weighted by Gasteiger charge is 2.43. The van der Waals surface area contributed by atoms with Crippen LogP contribution >= 0.6 is 0 Å². The van der Waals surface area contributed by atoms with E-state index in [0.29, 0.717) is 24.3 Å². The maximum Gasteiger partial charge on any atom is 0.276 e. The van der Waals surface area contributed by atoms with Crippen LogP contribution in [-0.4, -0.2) is 18.0 Å². The van der Waals surface area contributed by atoms with Gasteiger partial charge >= 0.3 is 0 Å². The summed E-state index contributed by atoms with van der Waals surface area (Å²) in [5.74, 6) is 1.20. The summed E-state index contributed by atoms with van der Waals surface area (Å²) in [4.78, 5) is 12.4. The summed E-state index contributed by atoms with van der Waals surface area (Å²) >= 11 is 0. The van der Waals surface area contributed by atoms with Gasteiger partial charge in [-0.3, -0.25) is 4.79 Å². The van der Waals surface area contributed by atoms with Gasteiger partial charge in [-0.1, -0.05) is 52.0 Å². The Kier molecular flexibility index (Phi) is 6.24. The molecule has 4 heteroatoms. The molecule has 1 aliphatic rings. The largest absolute Gasteiger partial charge is 0.333 e. The lowest BCUT2D eigenvalue weighted by molar-refractivity contribution is -0.692. The van der Waals surface area contributed by atoms with Gasteiger partial charge in [0.2, 0.25) is 0 Å². The van der Waals surface area contributed by atoms with Crippen molar-refractivity contribution in [1.29, 1.82) is 5.26 Å². The number of nitriles is 1. The number of benzene rings is 1. The first kappa shape index (κ1) is 19.5. The van der Waals surface area contributed by atoms with E-state index in [9.17, 15) is 10.1 Å². The molecule has 25 heavy (non-hydrogen) atoms. The molecule has 0 spiro atoms. The van der Waals surface area contributed by atoms with Gasteiger partial charge in [0, 0.05) is 11.5 Å². The molecule has 3 N–H and O–H groups in total. The summed E-state index contributed by atoms with van der Waals surface area (Å²) in [5.41, 5.74) is 1.87. The molecule has 0 radical (unpaired) electrons. The number of carbonyl (C=O) groups excluding carboxylic acids is 1. The van der Waals surface area contributed by atoms with Crippen molar-refractivity contribution < 1.29 is 10.1 Å². The number of carbonyl (C=O) groups is 1. The Morgan fingerprint density at radius 2 is 1.80 bits per heavy atom. The standard InChI is InChI=1S/C21H31N3O/c1-14(2)16-6-8-17(9-7-16)20(15(3)4)23-12-19(25)24-21(5,13-22)18-10-11-18/h6-9,14-15,18,20,23H,10-12H2,1-5H3,(H,24,25)/p+1/t20-,21+/m1/s1. The van der Waals surface area contributed by atoms with Crippen molar-refractivity contribution in [3.8, 4) is 6.07 Å². The number of nitrogens with two attached hydrogens (primary N) is 1. The highest BCUT2D eigenvalue weighted by atomic mass is 16.2. The van der Waals surface area contributed by atoms with E-state index in [0.717, 1.165) is 12.8 Å². The van der Waals surface area contributed by atoms with Gasteiger partial charge in [-0.05, 0) is 37.2 Å². The summed E-state index contributed by atoms with van der Waals surface area (Å²) in [6, 6.07) is 11.2. The van der Waals surface area contributed by atoms with Crippen molar-refractivity contribution in [2.24, 2.45) is 11.8 Å². The fourth-order valence-electron chi connectivity index (χ4n) is 3.35. The quantitative estimate of drug-likeness (QED) is 0.763. The van der Waals surface area contributed by atoms with E-state index in [-0.39, 0.29) is 11.9 Å². The van der Waals surface area contributed by atoms with Crippen LogP contribution < -0.4 is 10.6 Å². The Balaban J connectivity index is 1.97. The zero-order chi connectivity index (χ0) is 18.6. The van der Waals surface area contributed by atoms with Gasteiger partial charge in [0.05, 0.1) is 6.07 Å². The Hall–Kier alpha value is -1.86. The summed E-state index contributed by atoms with van der Waals surface area (Å²) in [7, 11) is 0. The van der Waals surface area contributed by atoms with Crippen LogP contribution in [0.4, 0.5) is 0 Å². The minimum atomic E-state index is -0.711. The topological polar surface area (TPSA) is 69.5 Å². The van der Waals surface area contributed by atoms with Gasteiger partial charge in [0.25, 0.3) is 5.91 Å². The van der Waals surface area contributed by atoms with Crippen LogP contribution in [0.25, 0.3) is 0 Å². The highest BCUT2D eigenvalue weighted by Crippen LogP contribution is 2.39. The van der Waals surface area contributed by atoms with E-state index in [1.807, 2.05) is 6.92 Å². The Bertz CT molecular complexity index is 626. The number of nitrogens with one attached hydrogen (secondary N) is 1. The maximum absolute atomic E-state index is 12.4. The van der Waals surface area contributed by atoms with Crippen molar-refractivity contribution in [2.75, 3.05) is 6.54 Å². The highest BCUT2D eigenvalue weighted by molar-refractivity contribution is 5.78.